The first-order valence-corrected chi connectivity index (χ1v) is 16.6. The van der Waals surface area contributed by atoms with Gasteiger partial charge in [-0.15, -0.1) is 0 Å². The van der Waals surface area contributed by atoms with E-state index in [-0.39, 0.29) is 28.9 Å². The third-order valence-electron chi connectivity index (χ3n) is 7.00. The van der Waals surface area contributed by atoms with Crippen LogP contribution in [0.5, 0.6) is 5.88 Å². The Hall–Kier alpha value is -4.29. The highest BCUT2D eigenvalue weighted by Crippen LogP contribution is 2.37. The van der Waals surface area contributed by atoms with E-state index in [1.807, 2.05) is 0 Å². The molecule has 3 rings (SSSR count). The summed E-state index contributed by atoms with van der Waals surface area (Å²) in [6, 6.07) is 9.75. The maximum atomic E-state index is 14.8. The van der Waals surface area contributed by atoms with Crippen LogP contribution >= 0.6 is 0 Å². The summed E-state index contributed by atoms with van der Waals surface area (Å²) in [6.07, 6.45) is 0.00929. The molecule has 0 spiro atoms. The molecule has 0 fully saturated rings. The average molecular weight is 611 g/mol. The molecule has 0 saturated carbocycles. The molecule has 0 unspecified atom stereocenters. The first-order chi connectivity index (χ1) is 20.1. The number of benzene rings is 1. The number of anilines is 2. The smallest absolute Gasteiger partial charge is 0.416 e. The molecule has 0 aliphatic rings. The first-order valence-electron chi connectivity index (χ1n) is 13.6. The van der Waals surface area contributed by atoms with E-state index in [9.17, 15) is 14.0 Å². The summed E-state index contributed by atoms with van der Waals surface area (Å²) < 4.78 is 36.7. The van der Waals surface area contributed by atoms with Crippen LogP contribution in [0.1, 0.15) is 33.3 Å². The van der Waals surface area contributed by atoms with Gasteiger partial charge in [0.05, 0.1) is 30.9 Å². The van der Waals surface area contributed by atoms with Crippen molar-refractivity contribution >= 4 is 32.0 Å². The number of halogens is 1. The Labute approximate surface area is 252 Å². The molecule has 2 amide bonds. The summed E-state index contributed by atoms with van der Waals surface area (Å²) in [5.74, 6) is 0.121. The number of aromatic nitrogens is 2. The molecule has 1 aromatic carbocycles. The van der Waals surface area contributed by atoms with Crippen LogP contribution < -0.4 is 15.4 Å². The van der Waals surface area contributed by atoms with Crippen molar-refractivity contribution in [2.24, 2.45) is 0 Å². The molecule has 10 nitrogen and oxygen atoms in total. The minimum Gasteiger partial charge on any atom is -0.475 e. The Kier molecular flexibility index (Phi) is 10.6. The van der Waals surface area contributed by atoms with Crippen molar-refractivity contribution in [2.45, 2.75) is 52.8 Å². The van der Waals surface area contributed by atoms with Crippen LogP contribution in [-0.2, 0) is 13.9 Å². The maximum Gasteiger partial charge on any atom is 0.416 e. The van der Waals surface area contributed by atoms with Gasteiger partial charge in [0.1, 0.15) is 18.2 Å². The number of amides is 2. The SMILES string of the molecule is C=C(C)OC(=O)Nc1cc(-c2cc(OCCO[Si](C)(C)C(C)(C)C)nc(-c3ccnc(NC(=O)OC)c3)c2)c(C)cc1F. The molecule has 2 aromatic heterocycles. The zero-order valence-corrected chi connectivity index (χ0v) is 26.9. The molecule has 12 heteroatoms. The van der Waals surface area contributed by atoms with Crippen molar-refractivity contribution in [1.29, 1.82) is 0 Å². The second-order valence-electron chi connectivity index (χ2n) is 11.4. The van der Waals surface area contributed by atoms with Crippen molar-refractivity contribution in [3.63, 3.8) is 0 Å². The van der Waals surface area contributed by atoms with Crippen LogP contribution in [-0.4, -0.2) is 50.8 Å². The maximum absolute atomic E-state index is 14.8. The van der Waals surface area contributed by atoms with Gasteiger partial charge in [0.2, 0.25) is 5.88 Å². The standard InChI is InChI=1S/C31H39FN4O6Si/c1-19(2)42-30(38)35-26-18-23(20(3)14-24(26)32)22-15-25(21-10-11-33-27(16-21)36-29(37)39-7)34-28(17-22)40-12-13-41-43(8,9)31(4,5)6/h10-11,14-18H,1,12-13H2,2-9H3,(H,35,38)(H,33,36,37). The number of ether oxygens (including phenoxy) is 3. The molecule has 2 heterocycles. The second-order valence-corrected chi connectivity index (χ2v) is 16.3. The molecule has 230 valence electrons. The fourth-order valence-corrected chi connectivity index (χ4v) is 4.76. The summed E-state index contributed by atoms with van der Waals surface area (Å²) >= 11 is 0. The Balaban J connectivity index is 2.02. The van der Waals surface area contributed by atoms with E-state index in [4.69, 9.17) is 18.9 Å². The van der Waals surface area contributed by atoms with Crippen molar-refractivity contribution in [1.82, 2.24) is 9.97 Å². The van der Waals surface area contributed by atoms with E-state index in [0.717, 1.165) is 0 Å². The van der Waals surface area contributed by atoms with Gasteiger partial charge in [-0.3, -0.25) is 10.6 Å². The first kappa shape index (κ1) is 33.2. The number of aryl methyl sites for hydroxylation is 1. The van der Waals surface area contributed by atoms with Gasteiger partial charge in [-0.05, 0) is 79.0 Å². The summed E-state index contributed by atoms with van der Waals surface area (Å²) in [4.78, 5) is 32.8. The lowest BCUT2D eigenvalue weighted by molar-refractivity contribution is 0.186. The molecular weight excluding hydrogens is 571 g/mol. The third kappa shape index (κ3) is 9.09. The Morgan fingerprint density at radius 2 is 1.74 bits per heavy atom. The number of allylic oxidation sites excluding steroid dienone is 1. The highest BCUT2D eigenvalue weighted by molar-refractivity contribution is 6.74. The Morgan fingerprint density at radius 1 is 1.02 bits per heavy atom. The van der Waals surface area contributed by atoms with Crippen LogP contribution in [0.2, 0.25) is 18.1 Å². The van der Waals surface area contributed by atoms with E-state index in [2.05, 4.69) is 60.8 Å². The van der Waals surface area contributed by atoms with Gasteiger partial charge in [0.25, 0.3) is 0 Å². The quantitative estimate of drug-likeness (QED) is 0.135. The van der Waals surface area contributed by atoms with Crippen molar-refractivity contribution in [3.8, 4) is 28.3 Å². The molecule has 0 bridgehead atoms. The number of carbonyl (C=O) groups excluding carboxylic acids is 2. The summed E-state index contributed by atoms with van der Waals surface area (Å²) in [5, 5.41) is 5.02. The van der Waals surface area contributed by atoms with Crippen molar-refractivity contribution < 1.29 is 32.6 Å². The second kappa shape index (κ2) is 13.8. The average Bonchev–Trinajstić information content (AvgIpc) is 2.91. The number of hydrogen-bond donors (Lipinski definition) is 2. The molecule has 0 radical (unpaired) electrons. The fraction of sp³-hybridized carbons (Fsp3) is 0.355. The van der Waals surface area contributed by atoms with Gasteiger partial charge >= 0.3 is 12.2 Å². The summed E-state index contributed by atoms with van der Waals surface area (Å²) in [6.45, 7) is 18.3. The van der Waals surface area contributed by atoms with Gasteiger partial charge in [0.15, 0.2) is 8.32 Å². The van der Waals surface area contributed by atoms with Crippen LogP contribution in [0.15, 0.2) is 54.9 Å². The van der Waals surface area contributed by atoms with E-state index in [1.54, 1.807) is 31.2 Å². The predicted molar refractivity (Wildman–Crippen MR) is 167 cm³/mol. The zero-order chi connectivity index (χ0) is 31.9. The van der Waals surface area contributed by atoms with E-state index < -0.39 is 26.3 Å². The predicted octanol–water partition coefficient (Wildman–Crippen LogP) is 7.92. The monoisotopic (exact) mass is 610 g/mol. The molecule has 0 atom stereocenters. The van der Waals surface area contributed by atoms with Gasteiger partial charge in [0, 0.05) is 17.8 Å². The molecule has 3 aromatic rings. The van der Waals surface area contributed by atoms with Gasteiger partial charge in [-0.2, -0.15) is 0 Å². The minimum atomic E-state index is -1.97. The Bertz CT molecular complexity index is 1510. The van der Waals surface area contributed by atoms with Crippen molar-refractivity contribution in [3.05, 3.63) is 66.3 Å². The topological polar surface area (TPSA) is 121 Å². The van der Waals surface area contributed by atoms with Crippen LogP contribution in [0.4, 0.5) is 25.5 Å². The number of carbonyl (C=O) groups is 2. The lowest BCUT2D eigenvalue weighted by Gasteiger charge is -2.36. The van der Waals surface area contributed by atoms with Crippen LogP contribution in [0, 0.1) is 12.7 Å². The van der Waals surface area contributed by atoms with Crippen LogP contribution in [0.3, 0.4) is 0 Å². The minimum absolute atomic E-state index is 0.0538. The highest BCUT2D eigenvalue weighted by atomic mass is 28.4. The molecule has 43 heavy (non-hydrogen) atoms. The Morgan fingerprint density at radius 3 is 2.40 bits per heavy atom. The van der Waals surface area contributed by atoms with E-state index in [1.165, 1.54) is 32.4 Å². The molecular formula is C31H39FN4O6Si. The fourth-order valence-electron chi connectivity index (χ4n) is 3.73. The lowest BCUT2D eigenvalue weighted by atomic mass is 9.98. The number of pyridine rings is 2. The van der Waals surface area contributed by atoms with Gasteiger partial charge in [-0.25, -0.2) is 23.9 Å². The van der Waals surface area contributed by atoms with E-state index in [0.29, 0.717) is 40.4 Å². The lowest BCUT2D eigenvalue weighted by Crippen LogP contribution is -2.41. The zero-order valence-electron chi connectivity index (χ0n) is 25.9. The number of hydrogen-bond acceptors (Lipinski definition) is 8. The largest absolute Gasteiger partial charge is 0.475 e. The summed E-state index contributed by atoms with van der Waals surface area (Å²) in [5.41, 5.74) is 2.97. The molecule has 2 N–H and O–H groups in total. The van der Waals surface area contributed by atoms with Gasteiger partial charge in [-0.1, -0.05) is 27.4 Å². The number of nitrogens with zero attached hydrogens (tertiary/aromatic N) is 2. The highest BCUT2D eigenvalue weighted by Gasteiger charge is 2.36. The molecule has 0 aliphatic heterocycles. The van der Waals surface area contributed by atoms with Gasteiger partial charge < -0.3 is 18.6 Å². The third-order valence-corrected chi connectivity index (χ3v) is 11.5. The number of methoxy groups -OCH3 is 1. The van der Waals surface area contributed by atoms with E-state index >= 15 is 0 Å². The number of rotatable bonds is 10. The van der Waals surface area contributed by atoms with Crippen LogP contribution in [0.25, 0.3) is 22.4 Å². The normalized spacial score (nSPS) is 11.5. The number of nitrogens with one attached hydrogen (secondary N) is 2. The molecule has 0 saturated heterocycles. The van der Waals surface area contributed by atoms with Crippen molar-refractivity contribution in [2.75, 3.05) is 31.0 Å². The summed E-state index contributed by atoms with van der Waals surface area (Å²) in [7, 11) is -0.715. The molecule has 0 aliphatic carbocycles.